The topological polar surface area (TPSA) is 50.2 Å². The second-order valence-electron chi connectivity index (χ2n) is 7.90. The number of nitrogens with zero attached hydrogens (tertiary/aromatic N) is 3. The zero-order valence-corrected chi connectivity index (χ0v) is 15.7. The number of nitrogens with one attached hydrogen (secondary N) is 1. The van der Waals surface area contributed by atoms with Crippen molar-refractivity contribution in [2.45, 2.75) is 50.6 Å². The summed E-state index contributed by atoms with van der Waals surface area (Å²) in [5.41, 5.74) is 2.82. The van der Waals surface area contributed by atoms with Gasteiger partial charge in [0.25, 0.3) is 5.56 Å². The molecule has 0 spiro atoms. The fraction of sp³-hybridized carbons (Fsp3) is 0.524. The van der Waals surface area contributed by atoms with Crippen LogP contribution in [0.15, 0.2) is 41.5 Å². The van der Waals surface area contributed by atoms with Crippen molar-refractivity contribution >= 4 is 5.82 Å². The number of benzene rings is 1. The predicted octanol–water partition coefficient (Wildman–Crippen LogP) is 2.59. The van der Waals surface area contributed by atoms with Gasteiger partial charge < -0.3 is 14.8 Å². The van der Waals surface area contributed by atoms with Crippen molar-refractivity contribution in [1.82, 2.24) is 14.9 Å². The van der Waals surface area contributed by atoms with Crippen molar-refractivity contribution in [3.63, 3.8) is 0 Å². The van der Waals surface area contributed by atoms with Crippen LogP contribution in [-0.4, -0.2) is 34.7 Å². The highest BCUT2D eigenvalue weighted by Crippen LogP contribution is 2.37. The van der Waals surface area contributed by atoms with Crippen molar-refractivity contribution < 1.29 is 0 Å². The van der Waals surface area contributed by atoms with Gasteiger partial charge in [0, 0.05) is 44.6 Å². The number of aromatic nitrogens is 2. The quantitative estimate of drug-likeness (QED) is 0.919. The second kappa shape index (κ2) is 7.23. The Morgan fingerprint density at radius 2 is 2.08 bits per heavy atom. The second-order valence-corrected chi connectivity index (χ2v) is 7.90. The SMILES string of the molecule is Cc1cccc(C2CC(N[C@@H]3CCCN(c4nccn(C)c4=O)C3)C2)c1. The Labute approximate surface area is 155 Å². The maximum atomic E-state index is 12.3. The molecule has 0 bridgehead atoms. The van der Waals surface area contributed by atoms with E-state index in [-0.39, 0.29) is 5.56 Å². The van der Waals surface area contributed by atoms with Crippen LogP contribution in [0.2, 0.25) is 0 Å². The molecule has 0 radical (unpaired) electrons. The third kappa shape index (κ3) is 3.54. The van der Waals surface area contributed by atoms with Crippen LogP contribution in [-0.2, 0) is 7.05 Å². The normalized spacial score (nSPS) is 25.8. The molecule has 26 heavy (non-hydrogen) atoms. The summed E-state index contributed by atoms with van der Waals surface area (Å²) in [5.74, 6) is 1.28. The summed E-state index contributed by atoms with van der Waals surface area (Å²) in [6.07, 6.45) is 8.13. The van der Waals surface area contributed by atoms with Crippen LogP contribution < -0.4 is 15.8 Å². The third-order valence-corrected chi connectivity index (χ3v) is 5.84. The van der Waals surface area contributed by atoms with Gasteiger partial charge in [-0.25, -0.2) is 4.98 Å². The average molecular weight is 352 g/mol. The maximum Gasteiger partial charge on any atom is 0.293 e. The van der Waals surface area contributed by atoms with Crippen molar-refractivity contribution in [1.29, 1.82) is 0 Å². The van der Waals surface area contributed by atoms with Gasteiger partial charge in [0.15, 0.2) is 5.82 Å². The largest absolute Gasteiger partial charge is 0.350 e. The molecule has 2 aliphatic rings. The number of hydrogen-bond donors (Lipinski definition) is 1. The molecule has 2 heterocycles. The zero-order chi connectivity index (χ0) is 18.1. The van der Waals surface area contributed by atoms with Gasteiger partial charge >= 0.3 is 0 Å². The number of piperidine rings is 1. The van der Waals surface area contributed by atoms with Crippen molar-refractivity contribution in [2.75, 3.05) is 18.0 Å². The average Bonchev–Trinajstić information content (AvgIpc) is 2.60. The minimum absolute atomic E-state index is 0.00342. The Hall–Kier alpha value is -2.14. The summed E-state index contributed by atoms with van der Waals surface area (Å²) < 4.78 is 1.61. The molecule has 1 aromatic carbocycles. The highest BCUT2D eigenvalue weighted by molar-refractivity contribution is 5.36. The third-order valence-electron chi connectivity index (χ3n) is 5.84. The summed E-state index contributed by atoms with van der Waals surface area (Å²) in [7, 11) is 1.78. The monoisotopic (exact) mass is 352 g/mol. The summed E-state index contributed by atoms with van der Waals surface area (Å²) in [6, 6.07) is 9.94. The minimum Gasteiger partial charge on any atom is -0.350 e. The Balaban J connectivity index is 1.34. The van der Waals surface area contributed by atoms with Crippen LogP contribution >= 0.6 is 0 Å². The van der Waals surface area contributed by atoms with Crippen LogP contribution in [0.3, 0.4) is 0 Å². The number of rotatable bonds is 4. The zero-order valence-electron chi connectivity index (χ0n) is 15.7. The van der Waals surface area contributed by atoms with E-state index in [0.717, 1.165) is 19.5 Å². The van der Waals surface area contributed by atoms with E-state index in [0.29, 0.717) is 23.8 Å². The van der Waals surface area contributed by atoms with Gasteiger partial charge in [0.05, 0.1) is 0 Å². The van der Waals surface area contributed by atoms with Crippen LogP contribution in [0.25, 0.3) is 0 Å². The van der Waals surface area contributed by atoms with Gasteiger partial charge in [-0.05, 0) is 44.1 Å². The van der Waals surface area contributed by atoms with Crippen LogP contribution in [0.1, 0.15) is 42.7 Å². The van der Waals surface area contributed by atoms with E-state index >= 15 is 0 Å². The Morgan fingerprint density at radius 3 is 2.88 bits per heavy atom. The highest BCUT2D eigenvalue weighted by Gasteiger charge is 2.33. The van der Waals surface area contributed by atoms with Gasteiger partial charge in [-0.1, -0.05) is 29.8 Å². The molecule has 1 atom stereocenters. The molecule has 0 amide bonds. The van der Waals surface area contributed by atoms with E-state index in [9.17, 15) is 4.79 Å². The lowest BCUT2D eigenvalue weighted by Gasteiger charge is -2.41. The minimum atomic E-state index is -0.00342. The van der Waals surface area contributed by atoms with Gasteiger partial charge in [-0.3, -0.25) is 4.79 Å². The molecule has 2 fully saturated rings. The first-order valence-corrected chi connectivity index (χ1v) is 9.69. The van der Waals surface area contributed by atoms with Crippen molar-refractivity contribution in [2.24, 2.45) is 7.05 Å². The molecule has 4 rings (SSSR count). The Kier molecular flexibility index (Phi) is 4.81. The van der Waals surface area contributed by atoms with Gasteiger partial charge in [0.1, 0.15) is 0 Å². The summed E-state index contributed by atoms with van der Waals surface area (Å²) in [6.45, 7) is 3.95. The summed E-state index contributed by atoms with van der Waals surface area (Å²) in [5, 5.41) is 3.83. The fourth-order valence-corrected chi connectivity index (χ4v) is 4.29. The molecule has 1 N–H and O–H groups in total. The smallest absolute Gasteiger partial charge is 0.293 e. The Bertz CT molecular complexity index is 825. The highest BCUT2D eigenvalue weighted by atomic mass is 16.1. The van der Waals surface area contributed by atoms with Gasteiger partial charge in [0.2, 0.25) is 0 Å². The van der Waals surface area contributed by atoms with Crippen molar-refractivity contribution in [3.8, 4) is 0 Å². The molecule has 5 heteroatoms. The first-order chi connectivity index (χ1) is 12.6. The van der Waals surface area contributed by atoms with E-state index in [1.807, 2.05) is 0 Å². The van der Waals surface area contributed by atoms with Gasteiger partial charge in [-0.2, -0.15) is 0 Å². The first kappa shape index (κ1) is 17.3. The van der Waals surface area contributed by atoms with Gasteiger partial charge in [-0.15, -0.1) is 0 Å². The molecule has 1 aliphatic carbocycles. The van der Waals surface area contributed by atoms with Crippen LogP contribution in [0.4, 0.5) is 5.82 Å². The molecular weight excluding hydrogens is 324 g/mol. The summed E-state index contributed by atoms with van der Waals surface area (Å²) in [4.78, 5) is 18.8. The van der Waals surface area contributed by atoms with E-state index in [2.05, 4.69) is 46.4 Å². The van der Waals surface area contributed by atoms with E-state index in [1.54, 1.807) is 24.0 Å². The molecular formula is C21H28N4O. The lowest BCUT2D eigenvalue weighted by atomic mass is 9.75. The number of aryl methyl sites for hydroxylation is 2. The predicted molar refractivity (Wildman–Crippen MR) is 105 cm³/mol. The van der Waals surface area contributed by atoms with E-state index in [1.165, 1.54) is 30.4 Å². The standard InChI is InChI=1S/C21H28N4O/c1-15-5-3-6-16(11-15)17-12-19(13-17)23-18-7-4-9-25(14-18)20-21(26)24(2)10-8-22-20/h3,5-6,8,10-11,17-19,23H,4,7,9,12-14H2,1-2H3/t17?,18-,19?/m1/s1. The fourth-order valence-electron chi connectivity index (χ4n) is 4.29. The first-order valence-electron chi connectivity index (χ1n) is 9.69. The number of hydrogen-bond acceptors (Lipinski definition) is 4. The number of anilines is 1. The summed E-state index contributed by atoms with van der Waals surface area (Å²) >= 11 is 0. The molecule has 0 unspecified atom stereocenters. The lowest BCUT2D eigenvalue weighted by Crippen LogP contribution is -2.53. The van der Waals surface area contributed by atoms with E-state index < -0.39 is 0 Å². The molecule has 1 saturated carbocycles. The molecule has 1 saturated heterocycles. The van der Waals surface area contributed by atoms with Crippen LogP contribution in [0.5, 0.6) is 0 Å². The lowest BCUT2D eigenvalue weighted by molar-refractivity contribution is 0.251. The molecule has 1 aromatic heterocycles. The van der Waals surface area contributed by atoms with E-state index in [4.69, 9.17) is 0 Å². The molecule has 138 valence electrons. The molecule has 1 aliphatic heterocycles. The Morgan fingerprint density at radius 1 is 1.23 bits per heavy atom. The van der Waals surface area contributed by atoms with Crippen LogP contribution in [0, 0.1) is 6.92 Å². The molecule has 2 aromatic rings. The van der Waals surface area contributed by atoms with Crippen molar-refractivity contribution in [3.05, 3.63) is 58.1 Å². The maximum absolute atomic E-state index is 12.3. The molecule has 5 nitrogen and oxygen atoms in total.